The summed E-state index contributed by atoms with van der Waals surface area (Å²) < 4.78 is 7.19. The van der Waals surface area contributed by atoms with Gasteiger partial charge in [-0.2, -0.15) is 0 Å². The number of rotatable bonds is 6. The lowest BCUT2D eigenvalue weighted by Gasteiger charge is -2.02. The maximum Gasteiger partial charge on any atom is 0.237 e. The van der Waals surface area contributed by atoms with Crippen molar-refractivity contribution < 1.29 is 9.32 Å². The summed E-state index contributed by atoms with van der Waals surface area (Å²) in [5, 5.41) is 15.9. The molecule has 2 aromatic heterocycles. The molecular formula is C18H19N5O2S. The predicted molar refractivity (Wildman–Crippen MR) is 99.0 cm³/mol. The maximum atomic E-state index is 12.2. The second kappa shape index (κ2) is 6.95. The second-order valence-corrected chi connectivity index (χ2v) is 7.40. The molecule has 0 aliphatic heterocycles. The molecule has 1 aliphatic carbocycles. The van der Waals surface area contributed by atoms with Crippen molar-refractivity contribution in [3.05, 3.63) is 41.7 Å². The SMILES string of the molecule is Cc1ccc(-c2cc(NC(=O)CSc3nnc(C4CC4)n3C)on2)cc1. The number of aromatic nitrogens is 4. The number of nitrogens with one attached hydrogen (secondary N) is 1. The van der Waals surface area contributed by atoms with Gasteiger partial charge in [0.05, 0.1) is 5.75 Å². The molecule has 0 radical (unpaired) electrons. The van der Waals surface area contributed by atoms with Crippen molar-refractivity contribution in [3.63, 3.8) is 0 Å². The van der Waals surface area contributed by atoms with Gasteiger partial charge in [-0.15, -0.1) is 10.2 Å². The molecule has 3 aromatic rings. The van der Waals surface area contributed by atoms with Gasteiger partial charge in [0.2, 0.25) is 11.8 Å². The Kier molecular flexibility index (Phi) is 4.50. The number of carbonyl (C=O) groups is 1. The Hall–Kier alpha value is -2.61. The lowest BCUT2D eigenvalue weighted by molar-refractivity contribution is -0.113. The molecule has 1 aliphatic rings. The number of thioether (sulfide) groups is 1. The Bertz CT molecular complexity index is 927. The highest BCUT2D eigenvalue weighted by atomic mass is 32.2. The van der Waals surface area contributed by atoms with Gasteiger partial charge in [-0.05, 0) is 19.8 Å². The number of carbonyl (C=O) groups excluding carboxylic acids is 1. The minimum Gasteiger partial charge on any atom is -0.338 e. The molecule has 2 heterocycles. The van der Waals surface area contributed by atoms with Gasteiger partial charge in [0, 0.05) is 24.6 Å². The summed E-state index contributed by atoms with van der Waals surface area (Å²) in [6.07, 6.45) is 2.35. The number of benzene rings is 1. The Morgan fingerprint density at radius 1 is 1.31 bits per heavy atom. The molecule has 1 aromatic carbocycles. The van der Waals surface area contributed by atoms with E-state index in [1.54, 1.807) is 6.07 Å². The number of anilines is 1. The quantitative estimate of drug-likeness (QED) is 0.670. The van der Waals surface area contributed by atoms with Gasteiger partial charge in [-0.1, -0.05) is 46.7 Å². The summed E-state index contributed by atoms with van der Waals surface area (Å²) in [6.45, 7) is 2.03. The monoisotopic (exact) mass is 369 g/mol. The minimum absolute atomic E-state index is 0.169. The lowest BCUT2D eigenvalue weighted by atomic mass is 10.1. The molecule has 1 N–H and O–H groups in total. The van der Waals surface area contributed by atoms with Crippen molar-refractivity contribution in [2.75, 3.05) is 11.1 Å². The average molecular weight is 369 g/mol. The fraction of sp³-hybridized carbons (Fsp3) is 0.333. The number of hydrogen-bond donors (Lipinski definition) is 1. The van der Waals surface area contributed by atoms with Gasteiger partial charge in [0.1, 0.15) is 11.5 Å². The second-order valence-electron chi connectivity index (χ2n) is 6.45. The van der Waals surface area contributed by atoms with Gasteiger partial charge < -0.3 is 9.09 Å². The average Bonchev–Trinajstić information content (AvgIpc) is 3.25. The van der Waals surface area contributed by atoms with Crippen molar-refractivity contribution in [1.82, 2.24) is 19.9 Å². The highest BCUT2D eigenvalue weighted by Gasteiger charge is 2.29. The summed E-state index contributed by atoms with van der Waals surface area (Å²) in [7, 11) is 1.94. The first kappa shape index (κ1) is 16.8. The minimum atomic E-state index is -0.169. The molecule has 1 amide bonds. The first-order valence-corrected chi connectivity index (χ1v) is 9.44. The van der Waals surface area contributed by atoms with Gasteiger partial charge in [0.25, 0.3) is 0 Å². The summed E-state index contributed by atoms with van der Waals surface area (Å²) >= 11 is 1.36. The molecule has 0 spiro atoms. The van der Waals surface area contributed by atoms with E-state index in [1.165, 1.54) is 30.2 Å². The Balaban J connectivity index is 1.34. The zero-order valence-corrected chi connectivity index (χ0v) is 15.4. The molecule has 0 bridgehead atoms. The van der Waals surface area contributed by atoms with E-state index in [0.29, 0.717) is 17.5 Å². The summed E-state index contributed by atoms with van der Waals surface area (Å²) in [6, 6.07) is 9.69. The van der Waals surface area contributed by atoms with Gasteiger partial charge in [-0.3, -0.25) is 10.1 Å². The summed E-state index contributed by atoms with van der Waals surface area (Å²) in [5.74, 6) is 1.94. The molecule has 7 nitrogen and oxygen atoms in total. The third kappa shape index (κ3) is 3.65. The van der Waals surface area contributed by atoms with Crippen LogP contribution in [0.1, 0.15) is 30.1 Å². The normalized spacial score (nSPS) is 13.8. The number of aryl methyl sites for hydroxylation is 1. The standard InChI is InChI=1S/C18H19N5O2S/c1-11-3-5-12(6-4-11)14-9-16(25-22-14)19-15(24)10-26-18-21-20-17(23(18)2)13-7-8-13/h3-6,9,13H,7-8,10H2,1-2H3,(H,19,24). The van der Waals surface area contributed by atoms with Crippen molar-refractivity contribution in [3.8, 4) is 11.3 Å². The van der Waals surface area contributed by atoms with E-state index in [4.69, 9.17) is 4.52 Å². The van der Waals surface area contributed by atoms with Crippen molar-refractivity contribution >= 4 is 23.6 Å². The smallest absolute Gasteiger partial charge is 0.237 e. The Morgan fingerprint density at radius 3 is 2.81 bits per heavy atom. The largest absolute Gasteiger partial charge is 0.338 e. The van der Waals surface area contributed by atoms with E-state index in [-0.39, 0.29) is 11.7 Å². The first-order chi connectivity index (χ1) is 12.6. The van der Waals surface area contributed by atoms with Crippen LogP contribution >= 0.6 is 11.8 Å². The van der Waals surface area contributed by atoms with Crippen LogP contribution in [0, 0.1) is 6.92 Å². The molecule has 1 fully saturated rings. The summed E-state index contributed by atoms with van der Waals surface area (Å²) in [4.78, 5) is 12.2. The molecule has 26 heavy (non-hydrogen) atoms. The van der Waals surface area contributed by atoms with Crippen LogP contribution < -0.4 is 5.32 Å². The maximum absolute atomic E-state index is 12.2. The number of hydrogen-bond acceptors (Lipinski definition) is 6. The van der Waals surface area contributed by atoms with Gasteiger partial charge in [0.15, 0.2) is 5.16 Å². The van der Waals surface area contributed by atoms with Crippen molar-refractivity contribution in [1.29, 1.82) is 0 Å². The van der Waals surface area contributed by atoms with E-state index >= 15 is 0 Å². The van der Waals surface area contributed by atoms with Gasteiger partial charge in [-0.25, -0.2) is 0 Å². The third-order valence-electron chi connectivity index (χ3n) is 4.26. The Labute approximate surface area is 155 Å². The van der Waals surface area contributed by atoms with Crippen LogP contribution in [-0.4, -0.2) is 31.6 Å². The zero-order valence-electron chi connectivity index (χ0n) is 14.6. The van der Waals surface area contributed by atoms with Gasteiger partial charge >= 0.3 is 0 Å². The van der Waals surface area contributed by atoms with Crippen LogP contribution in [-0.2, 0) is 11.8 Å². The first-order valence-electron chi connectivity index (χ1n) is 8.46. The van der Waals surface area contributed by atoms with Crippen LogP contribution in [0.4, 0.5) is 5.88 Å². The van der Waals surface area contributed by atoms with E-state index < -0.39 is 0 Å². The third-order valence-corrected chi connectivity index (χ3v) is 5.28. The van der Waals surface area contributed by atoms with Crippen LogP contribution in [0.3, 0.4) is 0 Å². The van der Waals surface area contributed by atoms with Crippen LogP contribution in [0.25, 0.3) is 11.3 Å². The van der Waals surface area contributed by atoms with Crippen LogP contribution in [0.2, 0.25) is 0 Å². The fourth-order valence-electron chi connectivity index (χ4n) is 2.65. The zero-order chi connectivity index (χ0) is 18.1. The van der Waals surface area contributed by atoms with Crippen molar-refractivity contribution in [2.24, 2.45) is 7.05 Å². The number of amides is 1. The number of nitrogens with zero attached hydrogens (tertiary/aromatic N) is 4. The highest BCUT2D eigenvalue weighted by molar-refractivity contribution is 7.99. The predicted octanol–water partition coefficient (Wildman–Crippen LogP) is 3.39. The molecule has 4 rings (SSSR count). The van der Waals surface area contributed by atoms with Crippen molar-refractivity contribution in [2.45, 2.75) is 30.8 Å². The van der Waals surface area contributed by atoms with E-state index in [9.17, 15) is 4.79 Å². The molecule has 1 saturated carbocycles. The van der Waals surface area contributed by atoms with Crippen LogP contribution in [0.15, 0.2) is 40.0 Å². The highest BCUT2D eigenvalue weighted by Crippen LogP contribution is 2.39. The van der Waals surface area contributed by atoms with Crippen LogP contribution in [0.5, 0.6) is 0 Å². The fourth-order valence-corrected chi connectivity index (χ4v) is 3.37. The molecule has 0 saturated heterocycles. The lowest BCUT2D eigenvalue weighted by Crippen LogP contribution is -2.14. The summed E-state index contributed by atoms with van der Waals surface area (Å²) in [5.41, 5.74) is 2.81. The molecule has 0 atom stereocenters. The van der Waals surface area contributed by atoms with E-state index in [0.717, 1.165) is 16.5 Å². The van der Waals surface area contributed by atoms with E-state index in [2.05, 4.69) is 20.7 Å². The molecule has 134 valence electrons. The molecule has 0 unspecified atom stereocenters. The Morgan fingerprint density at radius 2 is 2.08 bits per heavy atom. The topological polar surface area (TPSA) is 85.8 Å². The van der Waals surface area contributed by atoms with E-state index in [1.807, 2.05) is 42.8 Å². The molecular weight excluding hydrogens is 350 g/mol. The molecule has 8 heteroatoms.